The van der Waals surface area contributed by atoms with Gasteiger partial charge in [-0.15, -0.1) is 4.91 Å². The number of hydrogen-bond donors (Lipinski definition) is 0. The molecule has 0 spiro atoms. The number of halogens is 2. The molecule has 4 nitrogen and oxygen atoms in total. The lowest BCUT2D eigenvalue weighted by molar-refractivity contribution is -0.109. The summed E-state index contributed by atoms with van der Waals surface area (Å²) in [6.07, 6.45) is 1.58. The summed E-state index contributed by atoms with van der Waals surface area (Å²) < 4.78 is 10.7. The molecule has 0 fully saturated rings. The van der Waals surface area contributed by atoms with E-state index in [4.69, 9.17) is 32.7 Å². The molecule has 0 amide bonds. The average molecular weight is 280 g/mol. The maximum atomic E-state index is 10.2. The maximum Gasteiger partial charge on any atom is 0.186 e. The van der Waals surface area contributed by atoms with Crippen LogP contribution in [-0.2, 0) is 9.47 Å². The Morgan fingerprint density at radius 2 is 1.88 bits per heavy atom. The highest BCUT2D eigenvalue weighted by atomic mass is 35.5. The molecule has 0 radical (unpaired) electrons. The van der Waals surface area contributed by atoms with Gasteiger partial charge in [0.15, 0.2) is 6.29 Å². The van der Waals surface area contributed by atoms with Crippen LogP contribution in [0.3, 0.4) is 0 Å². The van der Waals surface area contributed by atoms with E-state index in [0.717, 1.165) is 6.20 Å². The van der Waals surface area contributed by atoms with E-state index in [9.17, 15) is 4.91 Å². The Balaban J connectivity index is 5.34. The quantitative estimate of drug-likeness (QED) is 0.384. The van der Waals surface area contributed by atoms with Crippen molar-refractivity contribution in [2.75, 3.05) is 13.2 Å². The predicted molar refractivity (Wildman–Crippen MR) is 69.8 cm³/mol. The van der Waals surface area contributed by atoms with Crippen LogP contribution in [0.25, 0.3) is 0 Å². The number of rotatable bonds is 8. The zero-order valence-electron chi connectivity index (χ0n) is 9.78. The van der Waals surface area contributed by atoms with Gasteiger partial charge in [-0.3, -0.25) is 0 Å². The van der Waals surface area contributed by atoms with Crippen LogP contribution in [0.5, 0.6) is 0 Å². The highest BCUT2D eigenvalue weighted by molar-refractivity contribution is 6.36. The van der Waals surface area contributed by atoms with Gasteiger partial charge in [0.25, 0.3) is 0 Å². The molecule has 96 valence electrons. The minimum Gasteiger partial charge on any atom is -0.349 e. The van der Waals surface area contributed by atoms with Crippen molar-refractivity contribution in [3.05, 3.63) is 39.4 Å². The molecule has 0 unspecified atom stereocenters. The molecule has 0 aromatic heterocycles. The average Bonchev–Trinajstić information content (AvgIpc) is 2.30. The zero-order chi connectivity index (χ0) is 13.3. The van der Waals surface area contributed by atoms with Crippen molar-refractivity contribution in [1.82, 2.24) is 0 Å². The molecule has 0 bridgehead atoms. The summed E-state index contributed by atoms with van der Waals surface area (Å²) >= 11 is 11.9. The number of allylic oxidation sites excluding steroid dienone is 2. The molecule has 0 heterocycles. The van der Waals surface area contributed by atoms with Crippen LogP contribution in [0.15, 0.2) is 39.7 Å². The highest BCUT2D eigenvalue weighted by Gasteiger charge is 2.20. The Bertz CT molecular complexity index is 321. The van der Waals surface area contributed by atoms with Crippen molar-refractivity contribution in [2.45, 2.75) is 20.1 Å². The standard InChI is InChI=1S/C11H15Cl2NO3/c1-4-8(12)10(9(13)7-14-15)11(16-5-2)17-6-3/h4,7,11H,1,5-6H2,2-3H3/b9-7+,10-8-. The lowest BCUT2D eigenvalue weighted by atomic mass is 10.2. The maximum absolute atomic E-state index is 10.2. The van der Waals surface area contributed by atoms with E-state index in [1.165, 1.54) is 6.08 Å². The Hall–Kier alpha value is -0.680. The van der Waals surface area contributed by atoms with Crippen LogP contribution in [-0.4, -0.2) is 19.5 Å². The normalized spacial score (nSPS) is 13.6. The summed E-state index contributed by atoms with van der Waals surface area (Å²) in [7, 11) is 0. The fraction of sp³-hybridized carbons (Fsp3) is 0.455. The van der Waals surface area contributed by atoms with E-state index in [-0.39, 0.29) is 10.1 Å². The first kappa shape index (κ1) is 16.3. The van der Waals surface area contributed by atoms with E-state index in [2.05, 4.69) is 11.8 Å². The topological polar surface area (TPSA) is 47.9 Å². The molecule has 0 aliphatic carbocycles. The number of nitroso groups, excluding NO2 is 1. The summed E-state index contributed by atoms with van der Waals surface area (Å²) in [4.78, 5) is 10.2. The van der Waals surface area contributed by atoms with E-state index in [1.807, 2.05) is 0 Å². The van der Waals surface area contributed by atoms with Gasteiger partial charge >= 0.3 is 0 Å². The first-order chi connectivity index (χ1) is 8.12. The van der Waals surface area contributed by atoms with E-state index in [1.54, 1.807) is 13.8 Å². The molecule has 6 heteroatoms. The molecule has 0 saturated heterocycles. The summed E-state index contributed by atoms with van der Waals surface area (Å²) in [5, 5.41) is 2.91. The van der Waals surface area contributed by atoms with Gasteiger partial charge in [0.1, 0.15) is 0 Å². The SMILES string of the molecule is C=C/C(Cl)=C(\C(Cl)=C/N=O)C(OCC)OCC. The van der Waals surface area contributed by atoms with Crippen LogP contribution >= 0.6 is 23.2 Å². The number of nitrogens with zero attached hydrogens (tertiary/aromatic N) is 1. The van der Waals surface area contributed by atoms with Gasteiger partial charge < -0.3 is 9.47 Å². The Kier molecular flexibility index (Phi) is 8.99. The Labute approximate surface area is 111 Å². The third kappa shape index (κ3) is 5.46. The van der Waals surface area contributed by atoms with Crippen molar-refractivity contribution < 1.29 is 9.47 Å². The second kappa shape index (κ2) is 9.36. The fourth-order valence-electron chi connectivity index (χ4n) is 1.08. The van der Waals surface area contributed by atoms with Crippen molar-refractivity contribution >= 4 is 23.2 Å². The van der Waals surface area contributed by atoms with Crippen LogP contribution in [0.1, 0.15) is 13.8 Å². The van der Waals surface area contributed by atoms with Gasteiger partial charge in [-0.1, -0.05) is 35.9 Å². The van der Waals surface area contributed by atoms with Gasteiger partial charge in [0.2, 0.25) is 0 Å². The molecular weight excluding hydrogens is 265 g/mol. The highest BCUT2D eigenvalue weighted by Crippen LogP contribution is 2.28. The summed E-state index contributed by atoms with van der Waals surface area (Å²) in [6, 6.07) is 0. The van der Waals surface area contributed by atoms with Crippen molar-refractivity contribution in [1.29, 1.82) is 0 Å². The summed E-state index contributed by atoms with van der Waals surface area (Å²) in [5.74, 6) is 0. The molecule has 0 aromatic rings. The molecule has 17 heavy (non-hydrogen) atoms. The largest absolute Gasteiger partial charge is 0.349 e. The molecular formula is C11H15Cl2NO3. The third-order valence-corrected chi connectivity index (χ3v) is 2.39. The van der Waals surface area contributed by atoms with E-state index < -0.39 is 6.29 Å². The number of ether oxygens (including phenoxy) is 2. The molecule has 0 rings (SSSR count). The van der Waals surface area contributed by atoms with Gasteiger partial charge in [-0.2, -0.15) is 0 Å². The first-order valence-corrected chi connectivity index (χ1v) is 5.81. The Morgan fingerprint density at radius 1 is 1.35 bits per heavy atom. The molecule has 0 N–H and O–H groups in total. The van der Waals surface area contributed by atoms with Crippen LogP contribution in [0, 0.1) is 4.91 Å². The van der Waals surface area contributed by atoms with Crippen LogP contribution < -0.4 is 0 Å². The van der Waals surface area contributed by atoms with Crippen LogP contribution in [0.2, 0.25) is 0 Å². The first-order valence-electron chi connectivity index (χ1n) is 5.06. The van der Waals surface area contributed by atoms with Crippen LogP contribution in [0.4, 0.5) is 0 Å². The van der Waals surface area contributed by atoms with Crippen molar-refractivity contribution in [3.63, 3.8) is 0 Å². The third-order valence-electron chi connectivity index (χ3n) is 1.73. The molecule has 0 aliphatic rings. The van der Waals surface area contributed by atoms with Crippen molar-refractivity contribution in [3.8, 4) is 0 Å². The summed E-state index contributed by atoms with van der Waals surface area (Å²) in [6.45, 7) is 7.97. The lowest BCUT2D eigenvalue weighted by Gasteiger charge is -2.20. The van der Waals surface area contributed by atoms with E-state index in [0.29, 0.717) is 18.8 Å². The minimum atomic E-state index is -0.749. The zero-order valence-corrected chi connectivity index (χ0v) is 11.3. The van der Waals surface area contributed by atoms with Crippen molar-refractivity contribution in [2.24, 2.45) is 5.18 Å². The van der Waals surface area contributed by atoms with Gasteiger partial charge in [-0.05, 0) is 19.0 Å². The molecule has 0 aromatic carbocycles. The molecule has 0 atom stereocenters. The lowest BCUT2D eigenvalue weighted by Crippen LogP contribution is -2.21. The van der Waals surface area contributed by atoms with Gasteiger partial charge in [0, 0.05) is 23.8 Å². The minimum absolute atomic E-state index is 0.0665. The molecule has 0 aliphatic heterocycles. The number of hydrogen-bond acceptors (Lipinski definition) is 4. The molecule has 0 saturated carbocycles. The van der Waals surface area contributed by atoms with E-state index >= 15 is 0 Å². The van der Waals surface area contributed by atoms with Gasteiger partial charge in [-0.25, -0.2) is 0 Å². The smallest absolute Gasteiger partial charge is 0.186 e. The second-order valence-electron chi connectivity index (χ2n) is 2.79. The Morgan fingerprint density at radius 3 is 2.24 bits per heavy atom. The summed E-state index contributed by atoms with van der Waals surface area (Å²) in [5.41, 5.74) is 0.339. The predicted octanol–water partition coefficient (Wildman–Crippen LogP) is 3.91. The second-order valence-corrected chi connectivity index (χ2v) is 3.61. The van der Waals surface area contributed by atoms with Gasteiger partial charge in [0.05, 0.1) is 11.2 Å². The monoisotopic (exact) mass is 279 g/mol. The fourth-order valence-corrected chi connectivity index (χ4v) is 1.55.